The van der Waals surface area contributed by atoms with Gasteiger partial charge in [-0.2, -0.15) is 9.57 Å². The van der Waals surface area contributed by atoms with Gasteiger partial charge in [0.15, 0.2) is 0 Å². The molecule has 112 valence electrons. The Balaban J connectivity index is 2.03. The summed E-state index contributed by atoms with van der Waals surface area (Å²) >= 11 is 6.00. The zero-order valence-corrected chi connectivity index (χ0v) is 13.0. The Bertz CT molecular complexity index is 659. The van der Waals surface area contributed by atoms with Gasteiger partial charge in [0.05, 0.1) is 12.6 Å². The van der Waals surface area contributed by atoms with Gasteiger partial charge in [0.25, 0.3) is 0 Å². The number of piperazine rings is 1. The summed E-state index contributed by atoms with van der Waals surface area (Å²) in [6.45, 7) is 2.29. The van der Waals surface area contributed by atoms with E-state index in [4.69, 9.17) is 16.9 Å². The Kier molecular flexibility index (Phi) is 5.37. The van der Waals surface area contributed by atoms with Crippen molar-refractivity contribution in [1.29, 1.82) is 5.26 Å². The van der Waals surface area contributed by atoms with Gasteiger partial charge in [0.2, 0.25) is 10.0 Å². The van der Waals surface area contributed by atoms with Gasteiger partial charge in [0, 0.05) is 36.6 Å². The van der Waals surface area contributed by atoms with Crippen LogP contribution in [-0.4, -0.2) is 50.3 Å². The second-order valence-electron chi connectivity index (χ2n) is 4.70. The van der Waals surface area contributed by atoms with Crippen molar-refractivity contribution >= 4 is 27.7 Å². The van der Waals surface area contributed by atoms with Crippen LogP contribution in [0, 0.1) is 11.3 Å². The van der Waals surface area contributed by atoms with Gasteiger partial charge < -0.3 is 0 Å². The minimum absolute atomic E-state index is 0.337. The van der Waals surface area contributed by atoms with Crippen molar-refractivity contribution in [2.75, 3.05) is 32.7 Å². The van der Waals surface area contributed by atoms with Crippen LogP contribution in [0.2, 0.25) is 5.02 Å². The Labute approximate surface area is 130 Å². The first-order valence-corrected chi connectivity index (χ1v) is 8.43. The van der Waals surface area contributed by atoms with E-state index in [-0.39, 0.29) is 0 Å². The third kappa shape index (κ3) is 4.29. The molecule has 1 aromatic carbocycles. The molecule has 0 spiro atoms. The van der Waals surface area contributed by atoms with Crippen molar-refractivity contribution in [3.8, 4) is 6.07 Å². The Morgan fingerprint density at radius 2 is 1.90 bits per heavy atom. The lowest BCUT2D eigenvalue weighted by Gasteiger charge is -2.31. The summed E-state index contributed by atoms with van der Waals surface area (Å²) in [6, 6.07) is 9.15. The molecule has 0 aliphatic carbocycles. The number of rotatable bonds is 4. The first-order valence-electron chi connectivity index (χ1n) is 6.55. The van der Waals surface area contributed by atoms with Crippen LogP contribution in [0.3, 0.4) is 0 Å². The summed E-state index contributed by atoms with van der Waals surface area (Å²) in [5.74, 6) is 0. The van der Waals surface area contributed by atoms with Gasteiger partial charge in [-0.1, -0.05) is 29.8 Å². The maximum atomic E-state index is 12.2. The molecule has 0 saturated carbocycles. The molecule has 0 unspecified atom stereocenters. The highest BCUT2D eigenvalue weighted by molar-refractivity contribution is 7.92. The predicted octanol–water partition coefficient (Wildman–Crippen LogP) is 1.78. The third-order valence-corrected chi connectivity index (χ3v) is 5.22. The molecular weight excluding hydrogens is 310 g/mol. The highest BCUT2D eigenvalue weighted by Gasteiger charge is 2.24. The largest absolute Gasteiger partial charge is 0.288 e. The van der Waals surface area contributed by atoms with Crippen molar-refractivity contribution in [3.63, 3.8) is 0 Å². The van der Waals surface area contributed by atoms with Crippen molar-refractivity contribution in [2.24, 2.45) is 0 Å². The summed E-state index contributed by atoms with van der Waals surface area (Å²) in [6.07, 6.45) is 1.51. The summed E-state index contributed by atoms with van der Waals surface area (Å²) in [5, 5.41) is 10.3. The average Bonchev–Trinajstić information content (AvgIpc) is 2.47. The molecule has 1 fully saturated rings. The second kappa shape index (κ2) is 7.05. The maximum absolute atomic E-state index is 12.2. The Morgan fingerprint density at radius 3 is 2.52 bits per heavy atom. The lowest BCUT2D eigenvalue weighted by molar-refractivity contribution is 0.207. The molecule has 0 N–H and O–H groups in total. The number of nitrogens with zero attached hydrogens (tertiary/aromatic N) is 3. The quantitative estimate of drug-likeness (QED) is 0.792. The van der Waals surface area contributed by atoms with E-state index in [1.54, 1.807) is 24.3 Å². The highest BCUT2D eigenvalue weighted by Crippen LogP contribution is 2.18. The molecular formula is C14H16ClN3O2S. The number of sulfonamides is 1. The van der Waals surface area contributed by atoms with Crippen LogP contribution in [0.15, 0.2) is 29.7 Å². The fourth-order valence-corrected chi connectivity index (χ4v) is 3.46. The number of hydrogen-bond donors (Lipinski definition) is 0. The van der Waals surface area contributed by atoms with Gasteiger partial charge in [-0.3, -0.25) is 4.90 Å². The summed E-state index contributed by atoms with van der Waals surface area (Å²) in [4.78, 5) is 1.93. The molecule has 0 bridgehead atoms. The van der Waals surface area contributed by atoms with Crippen LogP contribution in [0.25, 0.3) is 6.08 Å². The Morgan fingerprint density at radius 1 is 1.24 bits per heavy atom. The van der Waals surface area contributed by atoms with Crippen LogP contribution in [0.5, 0.6) is 0 Å². The van der Waals surface area contributed by atoms with E-state index in [9.17, 15) is 8.42 Å². The van der Waals surface area contributed by atoms with E-state index >= 15 is 0 Å². The van der Waals surface area contributed by atoms with E-state index in [0.717, 1.165) is 0 Å². The fourth-order valence-electron chi connectivity index (χ4n) is 2.10. The van der Waals surface area contributed by atoms with E-state index < -0.39 is 10.0 Å². The van der Waals surface area contributed by atoms with Crippen LogP contribution in [-0.2, 0) is 10.0 Å². The molecule has 5 nitrogen and oxygen atoms in total. The Hall–Kier alpha value is -1.39. The molecule has 0 amide bonds. The van der Waals surface area contributed by atoms with Gasteiger partial charge in [-0.15, -0.1) is 0 Å². The molecule has 7 heteroatoms. The van der Waals surface area contributed by atoms with E-state index in [1.807, 2.05) is 4.90 Å². The average molecular weight is 326 g/mol. The van der Waals surface area contributed by atoms with E-state index in [1.165, 1.54) is 15.8 Å². The maximum Gasteiger partial charge on any atom is 0.236 e. The first-order chi connectivity index (χ1) is 10.0. The first kappa shape index (κ1) is 16.0. The molecule has 1 heterocycles. The molecule has 0 aromatic heterocycles. The predicted molar refractivity (Wildman–Crippen MR) is 83.0 cm³/mol. The van der Waals surface area contributed by atoms with Crippen LogP contribution >= 0.6 is 11.6 Å². The van der Waals surface area contributed by atoms with Crippen molar-refractivity contribution in [2.45, 2.75) is 0 Å². The molecule has 21 heavy (non-hydrogen) atoms. The SMILES string of the molecule is N#CCN1CCN(S(=O)(=O)C=Cc2ccccc2Cl)CC1. The minimum atomic E-state index is -3.45. The lowest BCUT2D eigenvalue weighted by Crippen LogP contribution is -2.48. The molecule has 0 radical (unpaired) electrons. The van der Waals surface area contributed by atoms with Crippen molar-refractivity contribution in [1.82, 2.24) is 9.21 Å². The normalized spacial score (nSPS) is 17.9. The zero-order chi connectivity index (χ0) is 15.3. The van der Waals surface area contributed by atoms with E-state index in [2.05, 4.69) is 6.07 Å². The minimum Gasteiger partial charge on any atom is -0.288 e. The molecule has 0 atom stereocenters. The summed E-state index contributed by atoms with van der Waals surface area (Å²) in [7, 11) is -3.45. The fraction of sp³-hybridized carbons (Fsp3) is 0.357. The standard InChI is InChI=1S/C14H16ClN3O2S/c15-14-4-2-1-3-13(14)5-12-21(19,20)18-10-8-17(7-6-16)9-11-18/h1-5,12H,7-11H2. The van der Waals surface area contributed by atoms with Gasteiger partial charge in [0.1, 0.15) is 0 Å². The van der Waals surface area contributed by atoms with Crippen LogP contribution in [0.4, 0.5) is 0 Å². The molecule has 1 aromatic rings. The van der Waals surface area contributed by atoms with E-state index in [0.29, 0.717) is 43.3 Å². The lowest BCUT2D eigenvalue weighted by atomic mass is 10.2. The molecule has 2 rings (SSSR count). The van der Waals surface area contributed by atoms with Crippen LogP contribution in [0.1, 0.15) is 5.56 Å². The van der Waals surface area contributed by atoms with Gasteiger partial charge in [-0.05, 0) is 17.7 Å². The van der Waals surface area contributed by atoms with Crippen molar-refractivity contribution in [3.05, 3.63) is 40.3 Å². The van der Waals surface area contributed by atoms with Crippen LogP contribution < -0.4 is 0 Å². The highest BCUT2D eigenvalue weighted by atomic mass is 35.5. The van der Waals surface area contributed by atoms with Gasteiger partial charge in [-0.25, -0.2) is 8.42 Å². The topological polar surface area (TPSA) is 64.4 Å². The number of halogens is 1. The van der Waals surface area contributed by atoms with Gasteiger partial charge >= 0.3 is 0 Å². The smallest absolute Gasteiger partial charge is 0.236 e. The second-order valence-corrected chi connectivity index (χ2v) is 6.93. The van der Waals surface area contributed by atoms with Crippen molar-refractivity contribution < 1.29 is 8.42 Å². The molecule has 1 aliphatic heterocycles. The molecule has 1 saturated heterocycles. The third-order valence-electron chi connectivity index (χ3n) is 3.31. The summed E-state index contributed by atoms with van der Waals surface area (Å²) < 4.78 is 25.9. The summed E-state index contributed by atoms with van der Waals surface area (Å²) in [5.41, 5.74) is 0.672. The number of nitriles is 1. The number of benzene rings is 1. The monoisotopic (exact) mass is 325 g/mol. The molecule has 1 aliphatic rings. The number of hydrogen-bond acceptors (Lipinski definition) is 4. The zero-order valence-electron chi connectivity index (χ0n) is 11.4.